The Morgan fingerprint density at radius 2 is 1.91 bits per heavy atom. The number of amides is 1. The van der Waals surface area contributed by atoms with Crippen molar-refractivity contribution >= 4 is 5.91 Å². The molecule has 1 amide bonds. The second-order valence-electron chi connectivity index (χ2n) is 5.53. The highest BCUT2D eigenvalue weighted by Crippen LogP contribution is 2.14. The zero-order chi connectivity index (χ0) is 17.0. The summed E-state index contributed by atoms with van der Waals surface area (Å²) < 4.78 is 31.2. The van der Waals surface area contributed by atoms with Gasteiger partial charge in [-0.05, 0) is 38.6 Å². The van der Waals surface area contributed by atoms with E-state index in [0.29, 0.717) is 12.1 Å². The van der Waals surface area contributed by atoms with Crippen LogP contribution in [0.2, 0.25) is 0 Å². The van der Waals surface area contributed by atoms with E-state index in [4.69, 9.17) is 4.52 Å². The lowest BCUT2D eigenvalue weighted by Crippen LogP contribution is -2.34. The van der Waals surface area contributed by atoms with E-state index in [1.54, 1.807) is 7.05 Å². The molecular formula is C16H19F2N3O2. The number of rotatable bonds is 6. The van der Waals surface area contributed by atoms with Gasteiger partial charge in [0.1, 0.15) is 17.4 Å². The molecule has 0 saturated carbocycles. The molecule has 0 bridgehead atoms. The number of nitrogens with zero attached hydrogens (tertiary/aromatic N) is 2. The van der Waals surface area contributed by atoms with Gasteiger partial charge in [0.15, 0.2) is 0 Å². The molecule has 0 spiro atoms. The molecule has 7 heteroatoms. The number of halogens is 2. The molecule has 1 heterocycles. The number of hydrogen-bond acceptors (Lipinski definition) is 4. The molecule has 0 aliphatic carbocycles. The van der Waals surface area contributed by atoms with Gasteiger partial charge in [0.2, 0.25) is 5.91 Å². The van der Waals surface area contributed by atoms with Gasteiger partial charge in [0, 0.05) is 24.7 Å². The predicted octanol–water partition coefficient (Wildman–Crippen LogP) is 2.32. The third kappa shape index (κ3) is 4.85. The van der Waals surface area contributed by atoms with Crippen LogP contribution in [-0.4, -0.2) is 29.6 Å². The van der Waals surface area contributed by atoms with Crippen molar-refractivity contribution in [3.8, 4) is 0 Å². The summed E-state index contributed by atoms with van der Waals surface area (Å²) >= 11 is 0. The van der Waals surface area contributed by atoms with Crippen LogP contribution in [0.3, 0.4) is 0 Å². The number of nitrogens with one attached hydrogen (secondary N) is 1. The molecule has 1 aromatic carbocycles. The van der Waals surface area contributed by atoms with Crippen molar-refractivity contribution in [2.45, 2.75) is 26.9 Å². The second-order valence-corrected chi connectivity index (χ2v) is 5.53. The standard InChI is InChI=1S/C16H19F2N3O2/c1-10-15(11(2)23-20-10)8-21(3)9-16(22)19-7-12-4-13(17)6-14(18)5-12/h4-6H,7-9H2,1-3H3,(H,19,22). The van der Waals surface area contributed by atoms with Crippen LogP contribution >= 0.6 is 0 Å². The molecule has 0 aliphatic rings. The second kappa shape index (κ2) is 7.32. The van der Waals surface area contributed by atoms with Crippen LogP contribution in [0.1, 0.15) is 22.6 Å². The van der Waals surface area contributed by atoms with Gasteiger partial charge in [-0.1, -0.05) is 5.16 Å². The molecule has 0 radical (unpaired) electrons. The smallest absolute Gasteiger partial charge is 0.234 e. The lowest BCUT2D eigenvalue weighted by molar-refractivity contribution is -0.122. The van der Waals surface area contributed by atoms with E-state index >= 15 is 0 Å². The molecule has 0 unspecified atom stereocenters. The lowest BCUT2D eigenvalue weighted by atomic mass is 10.2. The van der Waals surface area contributed by atoms with Crippen LogP contribution in [0.4, 0.5) is 8.78 Å². The summed E-state index contributed by atoms with van der Waals surface area (Å²) in [5, 5.41) is 6.51. The molecule has 2 rings (SSSR count). The molecular weight excluding hydrogens is 304 g/mol. The Morgan fingerprint density at radius 1 is 1.26 bits per heavy atom. The Hall–Kier alpha value is -2.28. The third-order valence-corrected chi connectivity index (χ3v) is 3.43. The van der Waals surface area contributed by atoms with Crippen LogP contribution in [-0.2, 0) is 17.9 Å². The monoisotopic (exact) mass is 323 g/mol. The van der Waals surface area contributed by atoms with Gasteiger partial charge in [-0.2, -0.15) is 0 Å². The molecule has 1 N–H and O–H groups in total. The van der Waals surface area contributed by atoms with Gasteiger partial charge in [-0.15, -0.1) is 0 Å². The Balaban J connectivity index is 1.84. The molecule has 23 heavy (non-hydrogen) atoms. The first-order chi connectivity index (χ1) is 10.8. The maximum absolute atomic E-state index is 13.1. The molecule has 5 nitrogen and oxygen atoms in total. The summed E-state index contributed by atoms with van der Waals surface area (Å²) in [6.07, 6.45) is 0. The summed E-state index contributed by atoms with van der Waals surface area (Å²) in [4.78, 5) is 13.7. The molecule has 1 aromatic heterocycles. The summed E-state index contributed by atoms with van der Waals surface area (Å²) in [5.41, 5.74) is 2.13. The van der Waals surface area contributed by atoms with E-state index in [2.05, 4.69) is 10.5 Å². The largest absolute Gasteiger partial charge is 0.361 e. The number of aromatic nitrogens is 1. The van der Waals surface area contributed by atoms with Crippen LogP contribution in [0.5, 0.6) is 0 Å². The fraction of sp³-hybridized carbons (Fsp3) is 0.375. The van der Waals surface area contributed by atoms with Crippen molar-refractivity contribution in [2.24, 2.45) is 0 Å². The average Bonchev–Trinajstić information content (AvgIpc) is 2.76. The van der Waals surface area contributed by atoms with E-state index in [1.807, 2.05) is 18.7 Å². The Labute approximate surface area is 133 Å². The van der Waals surface area contributed by atoms with Gasteiger partial charge in [0.05, 0.1) is 12.2 Å². The quantitative estimate of drug-likeness (QED) is 0.886. The van der Waals surface area contributed by atoms with Crippen molar-refractivity contribution in [3.63, 3.8) is 0 Å². The highest BCUT2D eigenvalue weighted by molar-refractivity contribution is 5.77. The molecule has 2 aromatic rings. The first kappa shape index (κ1) is 17.1. The van der Waals surface area contributed by atoms with E-state index in [1.165, 1.54) is 12.1 Å². The summed E-state index contributed by atoms with van der Waals surface area (Å²) in [6.45, 7) is 4.43. The summed E-state index contributed by atoms with van der Waals surface area (Å²) in [7, 11) is 1.80. The minimum atomic E-state index is -0.662. The first-order valence-corrected chi connectivity index (χ1v) is 7.17. The van der Waals surface area contributed by atoms with Crippen LogP contribution in [0.25, 0.3) is 0 Å². The van der Waals surface area contributed by atoms with Crippen LogP contribution in [0.15, 0.2) is 22.7 Å². The van der Waals surface area contributed by atoms with Crippen LogP contribution in [0, 0.1) is 25.5 Å². The summed E-state index contributed by atoms with van der Waals surface area (Å²) in [6, 6.07) is 3.18. The Kier molecular flexibility index (Phi) is 5.44. The van der Waals surface area contributed by atoms with Gasteiger partial charge < -0.3 is 9.84 Å². The normalized spacial score (nSPS) is 11.0. The highest BCUT2D eigenvalue weighted by atomic mass is 19.1. The predicted molar refractivity (Wildman–Crippen MR) is 80.5 cm³/mol. The van der Waals surface area contributed by atoms with Gasteiger partial charge >= 0.3 is 0 Å². The van der Waals surface area contributed by atoms with Gasteiger partial charge in [-0.3, -0.25) is 9.69 Å². The minimum absolute atomic E-state index is 0.0761. The fourth-order valence-corrected chi connectivity index (χ4v) is 2.27. The highest BCUT2D eigenvalue weighted by Gasteiger charge is 2.13. The van der Waals surface area contributed by atoms with Crippen LogP contribution < -0.4 is 5.32 Å². The number of carbonyl (C=O) groups is 1. The number of benzene rings is 1. The summed E-state index contributed by atoms with van der Waals surface area (Å²) in [5.74, 6) is -0.830. The van der Waals surface area contributed by atoms with Crippen molar-refractivity contribution in [1.82, 2.24) is 15.4 Å². The Bertz CT molecular complexity index is 661. The minimum Gasteiger partial charge on any atom is -0.361 e. The van der Waals surface area contributed by atoms with Crippen molar-refractivity contribution in [2.75, 3.05) is 13.6 Å². The molecule has 0 fully saturated rings. The topological polar surface area (TPSA) is 58.4 Å². The molecule has 0 saturated heterocycles. The molecule has 124 valence electrons. The van der Waals surface area contributed by atoms with Gasteiger partial charge in [-0.25, -0.2) is 8.78 Å². The van der Waals surface area contributed by atoms with Crippen molar-refractivity contribution in [1.29, 1.82) is 0 Å². The van der Waals surface area contributed by atoms with E-state index in [-0.39, 0.29) is 19.0 Å². The van der Waals surface area contributed by atoms with Gasteiger partial charge in [0.25, 0.3) is 0 Å². The van der Waals surface area contributed by atoms with E-state index in [0.717, 1.165) is 23.1 Å². The third-order valence-electron chi connectivity index (χ3n) is 3.43. The van der Waals surface area contributed by atoms with Crippen molar-refractivity contribution < 1.29 is 18.1 Å². The molecule has 0 aliphatic heterocycles. The number of carbonyl (C=O) groups excluding carboxylic acids is 1. The fourth-order valence-electron chi connectivity index (χ4n) is 2.27. The number of aryl methyl sites for hydroxylation is 2. The lowest BCUT2D eigenvalue weighted by Gasteiger charge is -2.16. The number of likely N-dealkylation sites (N-methyl/N-ethyl adjacent to an activating group) is 1. The molecule has 0 atom stereocenters. The van der Waals surface area contributed by atoms with Crippen molar-refractivity contribution in [3.05, 3.63) is 52.4 Å². The zero-order valence-electron chi connectivity index (χ0n) is 13.3. The number of hydrogen-bond donors (Lipinski definition) is 1. The SMILES string of the molecule is Cc1noc(C)c1CN(C)CC(=O)NCc1cc(F)cc(F)c1. The first-order valence-electron chi connectivity index (χ1n) is 7.17. The average molecular weight is 323 g/mol. The zero-order valence-corrected chi connectivity index (χ0v) is 13.3. The van der Waals surface area contributed by atoms with E-state index in [9.17, 15) is 13.6 Å². The Morgan fingerprint density at radius 3 is 2.48 bits per heavy atom. The maximum atomic E-state index is 13.1. The maximum Gasteiger partial charge on any atom is 0.234 e. The van der Waals surface area contributed by atoms with E-state index < -0.39 is 11.6 Å².